The van der Waals surface area contributed by atoms with E-state index in [1.807, 2.05) is 0 Å². The molecule has 5 N–H and O–H groups in total. The molecule has 1 atom stereocenters. The van der Waals surface area contributed by atoms with Gasteiger partial charge >= 0.3 is 11.9 Å². The summed E-state index contributed by atoms with van der Waals surface area (Å²) in [7, 11) is 0. The van der Waals surface area contributed by atoms with Gasteiger partial charge in [-0.05, 0) is 12.5 Å². The highest BCUT2D eigenvalue weighted by Gasteiger charge is 2.15. The molecule has 0 aliphatic heterocycles. The first-order valence-corrected chi connectivity index (χ1v) is 5.36. The Labute approximate surface area is 108 Å². The molecule has 0 bridgehead atoms. The van der Waals surface area contributed by atoms with Gasteiger partial charge in [-0.1, -0.05) is 0 Å². The van der Waals surface area contributed by atoms with Gasteiger partial charge < -0.3 is 21.3 Å². The van der Waals surface area contributed by atoms with E-state index in [1.54, 1.807) is 0 Å². The number of carbonyl (C=O) groups excluding carboxylic acids is 1. The Kier molecular flexibility index (Phi) is 4.95. The lowest BCUT2D eigenvalue weighted by atomic mass is 10.1. The highest BCUT2D eigenvalue weighted by Crippen LogP contribution is 2.09. The molecule has 19 heavy (non-hydrogen) atoms. The molecule has 102 valence electrons. The van der Waals surface area contributed by atoms with Gasteiger partial charge in [0.05, 0.1) is 23.5 Å². The molecule has 0 fully saturated rings. The number of nitrogens with one attached hydrogen (secondary N) is 1. The fourth-order valence-electron chi connectivity index (χ4n) is 1.27. The third-order valence-corrected chi connectivity index (χ3v) is 2.26. The van der Waals surface area contributed by atoms with Crippen molar-refractivity contribution in [3.8, 4) is 0 Å². The standard InChI is InChI=1S/C11H13N3O5/c12-8(1-2-9(15)16)10(17)14-7-3-6(11(18)19)4-13-5-7/h3-5,8H,1-2,12H2,(H,14,17)(H,15,16)(H,18,19). The number of amides is 1. The van der Waals surface area contributed by atoms with Crippen LogP contribution in [0.4, 0.5) is 5.69 Å². The minimum Gasteiger partial charge on any atom is -0.481 e. The van der Waals surface area contributed by atoms with Crippen LogP contribution in [0.25, 0.3) is 0 Å². The Morgan fingerprint density at radius 2 is 2.00 bits per heavy atom. The van der Waals surface area contributed by atoms with Crippen LogP contribution in [0, 0.1) is 0 Å². The minimum atomic E-state index is -1.17. The van der Waals surface area contributed by atoms with Crippen molar-refractivity contribution in [3.05, 3.63) is 24.0 Å². The lowest BCUT2D eigenvalue weighted by Crippen LogP contribution is -2.36. The molecule has 1 rings (SSSR count). The molecule has 0 saturated carbocycles. The molecule has 0 aliphatic carbocycles. The highest BCUT2D eigenvalue weighted by molar-refractivity contribution is 5.96. The van der Waals surface area contributed by atoms with E-state index in [-0.39, 0.29) is 24.1 Å². The molecule has 0 radical (unpaired) electrons. The number of aliphatic carboxylic acids is 1. The van der Waals surface area contributed by atoms with Crippen LogP contribution in [0.5, 0.6) is 0 Å². The van der Waals surface area contributed by atoms with E-state index < -0.39 is 23.9 Å². The summed E-state index contributed by atoms with van der Waals surface area (Å²) in [6.07, 6.45) is 2.19. The predicted octanol–water partition coefficient (Wildman–Crippen LogP) is -0.0896. The predicted molar refractivity (Wildman–Crippen MR) is 64.7 cm³/mol. The van der Waals surface area contributed by atoms with Crippen LogP contribution < -0.4 is 11.1 Å². The number of carboxylic acid groups (broad SMARTS) is 2. The molecule has 1 unspecified atom stereocenters. The van der Waals surface area contributed by atoms with Gasteiger partial charge in [-0.3, -0.25) is 14.6 Å². The Balaban J connectivity index is 2.63. The molecule has 1 aromatic heterocycles. The van der Waals surface area contributed by atoms with Crippen molar-refractivity contribution in [2.24, 2.45) is 5.73 Å². The largest absolute Gasteiger partial charge is 0.481 e. The molecule has 0 aromatic carbocycles. The first kappa shape index (κ1) is 14.6. The van der Waals surface area contributed by atoms with E-state index in [2.05, 4.69) is 10.3 Å². The number of hydrogen-bond donors (Lipinski definition) is 4. The molecule has 1 aromatic rings. The van der Waals surface area contributed by atoms with Crippen LogP contribution in [0.15, 0.2) is 18.5 Å². The van der Waals surface area contributed by atoms with Crippen molar-refractivity contribution in [1.82, 2.24) is 4.98 Å². The maximum Gasteiger partial charge on any atom is 0.337 e. The second-order valence-electron chi connectivity index (χ2n) is 3.80. The number of hydrogen-bond acceptors (Lipinski definition) is 5. The molecule has 8 nitrogen and oxygen atoms in total. The summed E-state index contributed by atoms with van der Waals surface area (Å²) in [6.45, 7) is 0. The molecule has 8 heteroatoms. The number of anilines is 1. The van der Waals surface area contributed by atoms with E-state index in [0.29, 0.717) is 0 Å². The molecule has 0 saturated heterocycles. The van der Waals surface area contributed by atoms with Crippen molar-refractivity contribution in [2.45, 2.75) is 18.9 Å². The van der Waals surface area contributed by atoms with Gasteiger partial charge in [0.15, 0.2) is 0 Å². The Morgan fingerprint density at radius 1 is 1.32 bits per heavy atom. The summed E-state index contributed by atoms with van der Waals surface area (Å²) >= 11 is 0. The fraction of sp³-hybridized carbons (Fsp3) is 0.273. The van der Waals surface area contributed by atoms with Gasteiger partial charge in [0, 0.05) is 12.6 Å². The number of rotatable bonds is 6. The topological polar surface area (TPSA) is 143 Å². The number of aromatic carboxylic acids is 1. The van der Waals surface area contributed by atoms with Gasteiger partial charge in [-0.25, -0.2) is 4.79 Å². The monoisotopic (exact) mass is 267 g/mol. The number of aromatic nitrogens is 1. The van der Waals surface area contributed by atoms with Crippen LogP contribution in [-0.2, 0) is 9.59 Å². The van der Waals surface area contributed by atoms with E-state index in [1.165, 1.54) is 12.3 Å². The van der Waals surface area contributed by atoms with Crippen LogP contribution >= 0.6 is 0 Å². The summed E-state index contributed by atoms with van der Waals surface area (Å²) in [5.74, 6) is -2.80. The normalized spacial score (nSPS) is 11.6. The zero-order valence-electron chi connectivity index (χ0n) is 9.87. The van der Waals surface area contributed by atoms with E-state index in [4.69, 9.17) is 15.9 Å². The maximum absolute atomic E-state index is 11.6. The van der Waals surface area contributed by atoms with Crippen molar-refractivity contribution >= 4 is 23.5 Å². The van der Waals surface area contributed by atoms with E-state index in [9.17, 15) is 14.4 Å². The number of nitrogens with two attached hydrogens (primary N) is 1. The summed E-state index contributed by atoms with van der Waals surface area (Å²) in [4.78, 5) is 36.3. The number of pyridine rings is 1. The van der Waals surface area contributed by atoms with E-state index in [0.717, 1.165) is 6.20 Å². The average molecular weight is 267 g/mol. The molecule has 1 heterocycles. The Hall–Kier alpha value is -2.48. The molecule has 0 spiro atoms. The van der Waals surface area contributed by atoms with Crippen LogP contribution in [0.2, 0.25) is 0 Å². The first-order valence-electron chi connectivity index (χ1n) is 5.36. The highest BCUT2D eigenvalue weighted by atomic mass is 16.4. The lowest BCUT2D eigenvalue weighted by molar-refractivity contribution is -0.137. The number of carbonyl (C=O) groups is 3. The Bertz CT molecular complexity index is 503. The quantitative estimate of drug-likeness (QED) is 0.564. The van der Waals surface area contributed by atoms with Gasteiger partial charge in [-0.2, -0.15) is 0 Å². The lowest BCUT2D eigenvalue weighted by Gasteiger charge is -2.11. The summed E-state index contributed by atoms with van der Waals surface area (Å²) < 4.78 is 0. The zero-order chi connectivity index (χ0) is 14.4. The average Bonchev–Trinajstić information content (AvgIpc) is 2.36. The van der Waals surface area contributed by atoms with Crippen LogP contribution in [0.1, 0.15) is 23.2 Å². The summed E-state index contributed by atoms with van der Waals surface area (Å²) in [5.41, 5.74) is 5.62. The van der Waals surface area contributed by atoms with Crippen molar-refractivity contribution in [3.63, 3.8) is 0 Å². The number of carboxylic acids is 2. The molecule has 1 amide bonds. The molecular formula is C11H13N3O5. The SMILES string of the molecule is NC(CCC(=O)O)C(=O)Nc1cncc(C(=O)O)c1. The van der Waals surface area contributed by atoms with E-state index >= 15 is 0 Å². The minimum absolute atomic E-state index is 0.00673. The van der Waals surface area contributed by atoms with Crippen molar-refractivity contribution in [1.29, 1.82) is 0 Å². The fourth-order valence-corrected chi connectivity index (χ4v) is 1.27. The third-order valence-electron chi connectivity index (χ3n) is 2.26. The Morgan fingerprint density at radius 3 is 2.58 bits per heavy atom. The summed E-state index contributed by atoms with van der Waals surface area (Å²) in [5, 5.41) is 19.6. The maximum atomic E-state index is 11.6. The van der Waals surface area contributed by atoms with Gasteiger partial charge in [0.1, 0.15) is 0 Å². The molecule has 0 aliphatic rings. The van der Waals surface area contributed by atoms with Gasteiger partial charge in [-0.15, -0.1) is 0 Å². The first-order chi connectivity index (χ1) is 8.90. The zero-order valence-corrected chi connectivity index (χ0v) is 9.87. The van der Waals surface area contributed by atoms with Gasteiger partial charge in [0.25, 0.3) is 0 Å². The van der Waals surface area contributed by atoms with Crippen LogP contribution in [0.3, 0.4) is 0 Å². The van der Waals surface area contributed by atoms with Gasteiger partial charge in [0.2, 0.25) is 5.91 Å². The second kappa shape index (κ2) is 6.45. The van der Waals surface area contributed by atoms with Crippen LogP contribution in [-0.4, -0.2) is 39.1 Å². The smallest absolute Gasteiger partial charge is 0.337 e. The van der Waals surface area contributed by atoms with Crippen molar-refractivity contribution in [2.75, 3.05) is 5.32 Å². The van der Waals surface area contributed by atoms with Crippen molar-refractivity contribution < 1.29 is 24.6 Å². The third kappa shape index (κ3) is 4.72. The number of nitrogens with zero attached hydrogens (tertiary/aromatic N) is 1. The second-order valence-corrected chi connectivity index (χ2v) is 3.80. The molecular weight excluding hydrogens is 254 g/mol. The summed E-state index contributed by atoms with van der Waals surface area (Å²) in [6, 6.07) is 0.251.